The van der Waals surface area contributed by atoms with Gasteiger partial charge in [-0.2, -0.15) is 5.10 Å². The molecule has 0 spiro atoms. The van der Waals surface area contributed by atoms with Gasteiger partial charge in [-0.05, 0) is 32.9 Å². The van der Waals surface area contributed by atoms with Crippen LogP contribution in [-0.4, -0.2) is 78.1 Å². The number of aromatic nitrogens is 6. The third-order valence-corrected chi connectivity index (χ3v) is 6.04. The van der Waals surface area contributed by atoms with Crippen molar-refractivity contribution in [3.63, 3.8) is 0 Å². The number of carbonyl (C=O) groups is 2. The van der Waals surface area contributed by atoms with Crippen LogP contribution in [0.1, 0.15) is 30.0 Å². The lowest BCUT2D eigenvalue weighted by molar-refractivity contribution is -0.123. The Hall–Kier alpha value is -4.16. The first-order chi connectivity index (χ1) is 17.7. The SMILES string of the molecule is Cc1ncc(NC(=O)CN2CC(OC(C)C)C2)cc1NC(=O)c1nnn2cc(-c3cnn(C)c3)ccc12. The molecule has 2 amide bonds. The normalized spacial score (nSPS) is 14.2. The second-order valence-corrected chi connectivity index (χ2v) is 9.45. The average molecular weight is 504 g/mol. The highest BCUT2D eigenvalue weighted by Gasteiger charge is 2.29. The average Bonchev–Trinajstić information content (AvgIpc) is 3.45. The maximum Gasteiger partial charge on any atom is 0.278 e. The predicted octanol–water partition coefficient (Wildman–Crippen LogP) is 2.13. The van der Waals surface area contributed by atoms with Gasteiger partial charge in [-0.15, -0.1) is 5.10 Å². The van der Waals surface area contributed by atoms with Crippen LogP contribution >= 0.6 is 0 Å². The van der Waals surface area contributed by atoms with E-state index in [1.807, 2.05) is 38.1 Å². The number of nitrogens with one attached hydrogen (secondary N) is 2. The number of hydrogen-bond donors (Lipinski definition) is 2. The van der Waals surface area contributed by atoms with Crippen LogP contribution < -0.4 is 10.6 Å². The van der Waals surface area contributed by atoms with Gasteiger partial charge in [0.2, 0.25) is 5.91 Å². The van der Waals surface area contributed by atoms with Gasteiger partial charge in [0.15, 0.2) is 5.69 Å². The fraction of sp³-hybridized carbons (Fsp3) is 0.360. The zero-order chi connectivity index (χ0) is 26.1. The van der Waals surface area contributed by atoms with Crippen molar-refractivity contribution in [1.82, 2.24) is 34.5 Å². The van der Waals surface area contributed by atoms with E-state index in [1.54, 1.807) is 46.8 Å². The van der Waals surface area contributed by atoms with Crippen molar-refractivity contribution >= 4 is 28.7 Å². The van der Waals surface area contributed by atoms with Crippen molar-refractivity contribution in [2.24, 2.45) is 7.05 Å². The fourth-order valence-electron chi connectivity index (χ4n) is 4.23. The van der Waals surface area contributed by atoms with Gasteiger partial charge in [0.1, 0.15) is 0 Å². The Labute approximate surface area is 213 Å². The summed E-state index contributed by atoms with van der Waals surface area (Å²) in [5, 5.41) is 18.1. The van der Waals surface area contributed by atoms with E-state index in [-0.39, 0.29) is 30.4 Å². The topological polar surface area (TPSA) is 132 Å². The summed E-state index contributed by atoms with van der Waals surface area (Å²) in [4.78, 5) is 31.9. The monoisotopic (exact) mass is 503 g/mol. The minimum Gasteiger partial charge on any atom is -0.373 e. The van der Waals surface area contributed by atoms with Gasteiger partial charge in [0.25, 0.3) is 5.91 Å². The molecule has 1 fully saturated rings. The molecule has 12 heteroatoms. The number of carbonyl (C=O) groups excluding carboxylic acids is 2. The number of ether oxygens (including phenoxy) is 1. The number of amides is 2. The quantitative estimate of drug-likeness (QED) is 0.374. The number of anilines is 2. The molecule has 1 aliphatic rings. The minimum absolute atomic E-state index is 0.153. The summed E-state index contributed by atoms with van der Waals surface area (Å²) in [7, 11) is 1.85. The van der Waals surface area contributed by atoms with Crippen molar-refractivity contribution in [2.45, 2.75) is 33.0 Å². The first-order valence-corrected chi connectivity index (χ1v) is 12.0. The Balaban J connectivity index is 1.23. The van der Waals surface area contributed by atoms with Gasteiger partial charge >= 0.3 is 0 Å². The Morgan fingerprint density at radius 1 is 1.14 bits per heavy atom. The van der Waals surface area contributed by atoms with Crippen LogP contribution in [0.15, 0.2) is 43.0 Å². The van der Waals surface area contributed by atoms with Crippen LogP contribution in [0, 0.1) is 6.92 Å². The molecule has 0 radical (unpaired) electrons. The largest absolute Gasteiger partial charge is 0.373 e. The number of aryl methyl sites for hydroxylation is 2. The number of pyridine rings is 2. The molecule has 2 N–H and O–H groups in total. The van der Waals surface area contributed by atoms with Crippen molar-refractivity contribution in [3.05, 3.63) is 54.4 Å². The number of hydrogen-bond acceptors (Lipinski definition) is 8. The summed E-state index contributed by atoms with van der Waals surface area (Å²) in [6.45, 7) is 7.51. The minimum atomic E-state index is -0.422. The van der Waals surface area contributed by atoms with E-state index < -0.39 is 5.91 Å². The van der Waals surface area contributed by atoms with Gasteiger partial charge in [-0.1, -0.05) is 11.3 Å². The second-order valence-electron chi connectivity index (χ2n) is 9.45. The van der Waals surface area contributed by atoms with E-state index in [0.717, 1.165) is 24.2 Å². The highest BCUT2D eigenvalue weighted by molar-refractivity contribution is 6.08. The molecule has 0 aromatic carbocycles. The third kappa shape index (κ3) is 5.49. The number of nitrogens with zero attached hydrogens (tertiary/aromatic N) is 7. The Bertz CT molecular complexity index is 1450. The molecule has 0 aliphatic carbocycles. The molecule has 0 bridgehead atoms. The van der Waals surface area contributed by atoms with Crippen LogP contribution in [0.2, 0.25) is 0 Å². The van der Waals surface area contributed by atoms with E-state index in [0.29, 0.717) is 22.6 Å². The Kier molecular flexibility index (Phi) is 6.68. The molecular formula is C25H29N9O3. The van der Waals surface area contributed by atoms with Crippen LogP contribution in [0.5, 0.6) is 0 Å². The standard InChI is InChI=1S/C25H29N9O3/c1-15(2)37-20-12-33(13-20)14-23(35)28-19-7-21(16(3)26-9-19)29-25(36)24-22-6-5-17(11-34(22)31-30-24)18-8-27-32(4)10-18/h5-11,15,20H,12-14H2,1-4H3,(H,28,35)(H,29,36). The van der Waals surface area contributed by atoms with Gasteiger partial charge in [-0.25, -0.2) is 4.52 Å². The molecule has 12 nitrogen and oxygen atoms in total. The van der Waals surface area contributed by atoms with Crippen LogP contribution in [0.4, 0.5) is 11.4 Å². The third-order valence-electron chi connectivity index (χ3n) is 6.04. The summed E-state index contributed by atoms with van der Waals surface area (Å²) < 4.78 is 9.01. The number of fused-ring (bicyclic) bond motifs is 1. The smallest absolute Gasteiger partial charge is 0.278 e. The predicted molar refractivity (Wildman–Crippen MR) is 137 cm³/mol. The molecule has 4 aromatic rings. The highest BCUT2D eigenvalue weighted by Crippen LogP contribution is 2.22. The summed E-state index contributed by atoms with van der Waals surface area (Å²) in [6.07, 6.45) is 7.37. The molecule has 37 heavy (non-hydrogen) atoms. The van der Waals surface area contributed by atoms with Crippen molar-refractivity contribution < 1.29 is 14.3 Å². The number of likely N-dealkylation sites (tertiary alicyclic amines) is 1. The molecule has 0 saturated carbocycles. The van der Waals surface area contributed by atoms with Crippen LogP contribution in [-0.2, 0) is 16.6 Å². The van der Waals surface area contributed by atoms with Crippen LogP contribution in [0.25, 0.3) is 16.6 Å². The zero-order valence-corrected chi connectivity index (χ0v) is 21.2. The van der Waals surface area contributed by atoms with Crippen molar-refractivity contribution in [2.75, 3.05) is 30.3 Å². The molecule has 5 rings (SSSR count). The lowest BCUT2D eigenvalue weighted by Gasteiger charge is -2.39. The molecule has 1 aliphatic heterocycles. The molecule has 1 saturated heterocycles. The maximum absolute atomic E-state index is 13.1. The summed E-state index contributed by atoms with van der Waals surface area (Å²) >= 11 is 0. The Morgan fingerprint density at radius 2 is 1.95 bits per heavy atom. The van der Waals surface area contributed by atoms with Crippen molar-refractivity contribution in [1.29, 1.82) is 0 Å². The lowest BCUT2D eigenvalue weighted by Crippen LogP contribution is -2.55. The van der Waals surface area contributed by atoms with E-state index in [2.05, 4.69) is 31.0 Å². The summed E-state index contributed by atoms with van der Waals surface area (Å²) in [5.41, 5.74) is 4.17. The van der Waals surface area contributed by atoms with Gasteiger partial charge in [0.05, 0.1) is 53.7 Å². The van der Waals surface area contributed by atoms with Gasteiger partial charge in [-0.3, -0.25) is 24.2 Å². The summed E-state index contributed by atoms with van der Waals surface area (Å²) in [6, 6.07) is 5.38. The van der Waals surface area contributed by atoms with Crippen molar-refractivity contribution in [3.8, 4) is 11.1 Å². The molecule has 5 heterocycles. The molecule has 0 atom stereocenters. The maximum atomic E-state index is 13.1. The summed E-state index contributed by atoms with van der Waals surface area (Å²) in [5.74, 6) is -0.575. The van der Waals surface area contributed by atoms with E-state index in [4.69, 9.17) is 4.74 Å². The molecular weight excluding hydrogens is 474 g/mol. The van der Waals surface area contributed by atoms with Gasteiger partial charge < -0.3 is 15.4 Å². The highest BCUT2D eigenvalue weighted by atomic mass is 16.5. The van der Waals surface area contributed by atoms with Crippen LogP contribution in [0.3, 0.4) is 0 Å². The Morgan fingerprint density at radius 3 is 2.68 bits per heavy atom. The molecule has 4 aromatic heterocycles. The molecule has 192 valence electrons. The number of rotatable bonds is 8. The van der Waals surface area contributed by atoms with E-state index in [9.17, 15) is 9.59 Å². The lowest BCUT2D eigenvalue weighted by atomic mass is 10.1. The fourth-order valence-corrected chi connectivity index (χ4v) is 4.23. The zero-order valence-electron chi connectivity index (χ0n) is 21.2. The second kappa shape index (κ2) is 10.1. The van der Waals surface area contributed by atoms with E-state index >= 15 is 0 Å². The molecule has 0 unspecified atom stereocenters. The first-order valence-electron chi connectivity index (χ1n) is 12.0. The van der Waals surface area contributed by atoms with Gasteiger partial charge in [0, 0.05) is 43.7 Å². The van der Waals surface area contributed by atoms with E-state index in [1.165, 1.54) is 0 Å². The first kappa shape index (κ1) is 24.5.